The van der Waals surface area contributed by atoms with Crippen molar-refractivity contribution in [1.82, 2.24) is 0 Å². The molecule has 4 nitrogen and oxygen atoms in total. The van der Waals surface area contributed by atoms with Gasteiger partial charge in [-0.15, -0.1) is 0 Å². The maximum Gasteiger partial charge on any atom is 0.224 e. The summed E-state index contributed by atoms with van der Waals surface area (Å²) < 4.78 is 5.70. The molecule has 1 aliphatic heterocycles. The molecule has 2 aromatic carbocycles. The number of benzene rings is 2. The van der Waals surface area contributed by atoms with Gasteiger partial charge in [0.15, 0.2) is 0 Å². The molecule has 25 heavy (non-hydrogen) atoms. The fourth-order valence-electron chi connectivity index (χ4n) is 3.53. The summed E-state index contributed by atoms with van der Waals surface area (Å²) in [6.45, 7) is 7.78. The zero-order valence-electron chi connectivity index (χ0n) is 15.3. The molecule has 1 amide bonds. The van der Waals surface area contributed by atoms with Crippen molar-refractivity contribution in [3.05, 3.63) is 54.1 Å². The highest BCUT2D eigenvalue weighted by molar-refractivity contribution is 5.93. The molecule has 2 atom stereocenters. The van der Waals surface area contributed by atoms with Gasteiger partial charge < -0.3 is 15.0 Å². The van der Waals surface area contributed by atoms with Crippen LogP contribution in [0.2, 0.25) is 0 Å². The molecule has 0 aromatic heterocycles. The maximum atomic E-state index is 12.1. The summed E-state index contributed by atoms with van der Waals surface area (Å²) in [5.74, 6) is 0.967. The van der Waals surface area contributed by atoms with Crippen LogP contribution < -0.4 is 15.0 Å². The summed E-state index contributed by atoms with van der Waals surface area (Å²) in [4.78, 5) is 13.9. The summed E-state index contributed by atoms with van der Waals surface area (Å²) in [6.07, 6.45) is 1.04. The van der Waals surface area contributed by atoms with Crippen LogP contribution in [0.5, 0.6) is 5.75 Å². The smallest absolute Gasteiger partial charge is 0.224 e. The summed E-state index contributed by atoms with van der Waals surface area (Å²) >= 11 is 0. The number of nitrogens with zero attached hydrogens (tertiary/aromatic N) is 1. The van der Waals surface area contributed by atoms with E-state index in [2.05, 4.69) is 18.3 Å². The number of anilines is 2. The molecule has 0 aliphatic carbocycles. The Morgan fingerprint density at radius 2 is 1.84 bits per heavy atom. The minimum Gasteiger partial charge on any atom is -0.491 e. The first kappa shape index (κ1) is 17.3. The largest absolute Gasteiger partial charge is 0.491 e. The van der Waals surface area contributed by atoms with Crippen LogP contribution in [-0.4, -0.2) is 18.1 Å². The fourth-order valence-corrected chi connectivity index (χ4v) is 3.53. The normalized spacial score (nSPS) is 19.5. The van der Waals surface area contributed by atoms with Gasteiger partial charge in [0.25, 0.3) is 0 Å². The van der Waals surface area contributed by atoms with Crippen molar-refractivity contribution in [2.24, 2.45) is 0 Å². The van der Waals surface area contributed by atoms with Crippen LogP contribution in [0.3, 0.4) is 0 Å². The number of para-hydroxylation sites is 1. The highest BCUT2D eigenvalue weighted by Crippen LogP contribution is 2.38. The Morgan fingerprint density at radius 3 is 2.48 bits per heavy atom. The molecule has 0 fully saturated rings. The molecular weight excluding hydrogens is 312 g/mol. The van der Waals surface area contributed by atoms with E-state index in [1.807, 2.05) is 61.2 Å². The number of ether oxygens (including phenoxy) is 1. The van der Waals surface area contributed by atoms with Gasteiger partial charge in [-0.3, -0.25) is 4.79 Å². The average molecular weight is 338 g/mol. The monoisotopic (exact) mass is 338 g/mol. The van der Waals surface area contributed by atoms with Crippen molar-refractivity contribution in [3.8, 4) is 5.75 Å². The van der Waals surface area contributed by atoms with E-state index in [0.29, 0.717) is 0 Å². The summed E-state index contributed by atoms with van der Waals surface area (Å²) in [6, 6.07) is 16.6. The number of amides is 1. The number of carbonyl (C=O) groups is 1. The third-order valence-electron chi connectivity index (χ3n) is 4.50. The Bertz CT molecular complexity index is 740. The lowest BCUT2D eigenvalue weighted by atomic mass is 9.91. The SMILES string of the molecule is CC(=O)N1c2ccccc2[C@H](Nc2ccc(OC(C)C)cc2)C[C@@H]1C. The molecule has 2 aromatic rings. The first-order valence-electron chi connectivity index (χ1n) is 8.87. The number of fused-ring (bicyclic) bond motifs is 1. The van der Waals surface area contributed by atoms with E-state index in [9.17, 15) is 4.79 Å². The van der Waals surface area contributed by atoms with Gasteiger partial charge in [0.05, 0.1) is 12.1 Å². The predicted octanol–water partition coefficient (Wildman–Crippen LogP) is 4.77. The first-order valence-corrected chi connectivity index (χ1v) is 8.87. The minimum atomic E-state index is 0.0913. The number of hydrogen-bond donors (Lipinski definition) is 1. The van der Waals surface area contributed by atoms with Gasteiger partial charge in [-0.25, -0.2) is 0 Å². The Labute approximate surface area is 149 Å². The van der Waals surface area contributed by atoms with Crippen LogP contribution >= 0.6 is 0 Å². The minimum absolute atomic E-state index is 0.0913. The molecule has 0 bridgehead atoms. The maximum absolute atomic E-state index is 12.1. The molecule has 0 saturated carbocycles. The Kier molecular flexibility index (Phi) is 4.98. The van der Waals surface area contributed by atoms with Gasteiger partial charge in [-0.05, 0) is 63.1 Å². The Hall–Kier alpha value is -2.49. The van der Waals surface area contributed by atoms with E-state index in [1.54, 1.807) is 6.92 Å². The molecule has 0 saturated heterocycles. The van der Waals surface area contributed by atoms with Crippen molar-refractivity contribution in [2.45, 2.75) is 52.3 Å². The van der Waals surface area contributed by atoms with Crippen molar-refractivity contribution >= 4 is 17.3 Å². The zero-order chi connectivity index (χ0) is 18.0. The highest BCUT2D eigenvalue weighted by Gasteiger charge is 2.31. The van der Waals surface area contributed by atoms with Gasteiger partial charge in [-0.2, -0.15) is 0 Å². The van der Waals surface area contributed by atoms with Crippen molar-refractivity contribution in [1.29, 1.82) is 0 Å². The Balaban J connectivity index is 1.83. The lowest BCUT2D eigenvalue weighted by molar-refractivity contribution is -0.117. The van der Waals surface area contributed by atoms with Gasteiger partial charge in [0, 0.05) is 24.3 Å². The van der Waals surface area contributed by atoms with Crippen molar-refractivity contribution in [2.75, 3.05) is 10.2 Å². The first-order chi connectivity index (χ1) is 12.0. The third kappa shape index (κ3) is 3.78. The lowest BCUT2D eigenvalue weighted by Gasteiger charge is -2.39. The molecule has 0 unspecified atom stereocenters. The van der Waals surface area contributed by atoms with E-state index < -0.39 is 0 Å². The van der Waals surface area contributed by atoms with Crippen molar-refractivity contribution < 1.29 is 9.53 Å². The number of nitrogens with one attached hydrogen (secondary N) is 1. The number of hydrogen-bond acceptors (Lipinski definition) is 3. The molecule has 1 aliphatic rings. The average Bonchev–Trinajstić information content (AvgIpc) is 2.56. The molecule has 0 radical (unpaired) electrons. The summed E-state index contributed by atoms with van der Waals surface area (Å²) in [7, 11) is 0. The van der Waals surface area contributed by atoms with E-state index in [-0.39, 0.29) is 24.1 Å². The highest BCUT2D eigenvalue weighted by atomic mass is 16.5. The fraction of sp³-hybridized carbons (Fsp3) is 0.381. The zero-order valence-corrected chi connectivity index (χ0v) is 15.3. The second-order valence-electron chi connectivity index (χ2n) is 6.92. The van der Waals surface area contributed by atoms with E-state index in [0.717, 1.165) is 23.5 Å². The van der Waals surface area contributed by atoms with Crippen LogP contribution in [0.4, 0.5) is 11.4 Å². The van der Waals surface area contributed by atoms with Gasteiger partial charge in [0.1, 0.15) is 5.75 Å². The van der Waals surface area contributed by atoms with E-state index >= 15 is 0 Å². The molecule has 0 spiro atoms. The van der Waals surface area contributed by atoms with Crippen LogP contribution in [0.15, 0.2) is 48.5 Å². The van der Waals surface area contributed by atoms with E-state index in [1.165, 1.54) is 5.56 Å². The predicted molar refractivity (Wildman–Crippen MR) is 102 cm³/mol. The van der Waals surface area contributed by atoms with E-state index in [4.69, 9.17) is 4.74 Å². The second-order valence-corrected chi connectivity index (χ2v) is 6.92. The van der Waals surface area contributed by atoms with Crippen LogP contribution in [-0.2, 0) is 4.79 Å². The Morgan fingerprint density at radius 1 is 1.16 bits per heavy atom. The standard InChI is InChI=1S/C21H26N2O2/c1-14(2)25-18-11-9-17(10-12-18)22-20-13-15(3)23(16(4)24)21-8-6-5-7-19(20)21/h5-12,14-15,20,22H,13H2,1-4H3/t15-,20+/m0/s1. The topological polar surface area (TPSA) is 41.6 Å². The lowest BCUT2D eigenvalue weighted by Crippen LogP contribution is -2.43. The quantitative estimate of drug-likeness (QED) is 0.873. The molecule has 3 rings (SSSR count). The van der Waals surface area contributed by atoms with Gasteiger partial charge in [-0.1, -0.05) is 18.2 Å². The van der Waals surface area contributed by atoms with Crippen LogP contribution in [0.1, 0.15) is 45.7 Å². The summed E-state index contributed by atoms with van der Waals surface area (Å²) in [5, 5.41) is 3.61. The van der Waals surface area contributed by atoms with Gasteiger partial charge in [0.2, 0.25) is 5.91 Å². The number of carbonyl (C=O) groups excluding carboxylic acids is 1. The second kappa shape index (κ2) is 7.18. The molecule has 4 heteroatoms. The van der Waals surface area contributed by atoms with Crippen LogP contribution in [0, 0.1) is 0 Å². The third-order valence-corrected chi connectivity index (χ3v) is 4.50. The van der Waals surface area contributed by atoms with Crippen LogP contribution in [0.25, 0.3) is 0 Å². The molecular formula is C21H26N2O2. The number of rotatable bonds is 4. The summed E-state index contributed by atoms with van der Waals surface area (Å²) in [5.41, 5.74) is 3.23. The van der Waals surface area contributed by atoms with Gasteiger partial charge >= 0.3 is 0 Å². The molecule has 132 valence electrons. The van der Waals surface area contributed by atoms with Crippen molar-refractivity contribution in [3.63, 3.8) is 0 Å². The molecule has 1 N–H and O–H groups in total. The molecule has 1 heterocycles.